The predicted molar refractivity (Wildman–Crippen MR) is 72.3 cm³/mol. The van der Waals surface area contributed by atoms with Gasteiger partial charge in [-0.15, -0.1) is 0 Å². The second kappa shape index (κ2) is 7.47. The molecule has 1 atom stereocenters. The molecule has 18 heavy (non-hydrogen) atoms. The van der Waals surface area contributed by atoms with Crippen LogP contribution in [-0.2, 0) is 13.8 Å². The molecule has 0 saturated carbocycles. The van der Waals surface area contributed by atoms with E-state index in [0.717, 1.165) is 10.9 Å². The second-order valence-corrected chi connectivity index (χ2v) is 5.29. The fourth-order valence-electron chi connectivity index (χ4n) is 1.45. The molecule has 1 unspecified atom stereocenters. The van der Waals surface area contributed by atoms with Crippen molar-refractivity contribution in [2.24, 2.45) is 0 Å². The molecule has 0 bridgehead atoms. The fraction of sp³-hybridized carbons (Fsp3) is 0.462. The summed E-state index contributed by atoms with van der Waals surface area (Å²) in [6.07, 6.45) is 0. The van der Waals surface area contributed by atoms with Crippen LogP contribution in [0.2, 0.25) is 0 Å². The molecule has 0 saturated heterocycles. The van der Waals surface area contributed by atoms with Crippen molar-refractivity contribution in [2.45, 2.75) is 26.7 Å². The molecular weight excluding hydrogens is 251 g/mol. The molecule has 1 aromatic rings. The number of hydrogen-bond acceptors (Lipinski definition) is 3. The van der Waals surface area contributed by atoms with Crippen LogP contribution >= 0.6 is 8.38 Å². The zero-order valence-electron chi connectivity index (χ0n) is 10.9. The molecule has 100 valence electrons. The number of hydrogen-bond donors (Lipinski definition) is 1. The summed E-state index contributed by atoms with van der Waals surface area (Å²) < 4.78 is 11.1. The lowest BCUT2D eigenvalue weighted by atomic mass is 10.0. The maximum atomic E-state index is 10.9. The van der Waals surface area contributed by atoms with E-state index in [2.05, 4.69) is 0 Å². The van der Waals surface area contributed by atoms with E-state index in [0.29, 0.717) is 13.2 Å². The molecule has 0 aliphatic rings. The summed E-state index contributed by atoms with van der Waals surface area (Å²) in [5, 5.41) is 9.90. The van der Waals surface area contributed by atoms with Gasteiger partial charge in [0.1, 0.15) is 0 Å². The summed E-state index contributed by atoms with van der Waals surface area (Å²) in [6, 6.07) is 7.40. The van der Waals surface area contributed by atoms with Gasteiger partial charge in [-0.1, -0.05) is 12.1 Å². The SMILES string of the molecule is CCOP(OCC)c1ccc(C(C)C(=O)O)cc1. The molecule has 5 heteroatoms. The number of benzene rings is 1. The molecular formula is C13H19O4P. The average molecular weight is 270 g/mol. The van der Waals surface area contributed by atoms with Gasteiger partial charge in [0.25, 0.3) is 0 Å². The smallest absolute Gasteiger partial charge is 0.310 e. The summed E-state index contributed by atoms with van der Waals surface area (Å²) in [5.74, 6) is -1.32. The van der Waals surface area contributed by atoms with Crippen molar-refractivity contribution in [3.05, 3.63) is 29.8 Å². The Labute approximate surface area is 109 Å². The zero-order chi connectivity index (χ0) is 13.5. The lowest BCUT2D eigenvalue weighted by Crippen LogP contribution is -2.10. The van der Waals surface area contributed by atoms with Crippen LogP contribution in [0.15, 0.2) is 24.3 Å². The van der Waals surface area contributed by atoms with Crippen molar-refractivity contribution in [3.8, 4) is 0 Å². The van der Waals surface area contributed by atoms with E-state index in [9.17, 15) is 4.79 Å². The average Bonchev–Trinajstić information content (AvgIpc) is 2.38. The van der Waals surface area contributed by atoms with E-state index in [1.165, 1.54) is 0 Å². The monoisotopic (exact) mass is 270 g/mol. The molecule has 0 aromatic heterocycles. The zero-order valence-corrected chi connectivity index (χ0v) is 11.8. The van der Waals surface area contributed by atoms with Gasteiger partial charge in [0, 0.05) is 5.30 Å². The Morgan fingerprint density at radius 2 is 1.72 bits per heavy atom. The number of rotatable bonds is 7. The summed E-state index contributed by atoms with van der Waals surface area (Å²) in [4.78, 5) is 10.9. The van der Waals surface area contributed by atoms with Crippen LogP contribution in [0.25, 0.3) is 0 Å². The molecule has 1 aromatic carbocycles. The van der Waals surface area contributed by atoms with Gasteiger partial charge in [-0.25, -0.2) is 0 Å². The maximum Gasteiger partial charge on any atom is 0.310 e. The second-order valence-electron chi connectivity index (χ2n) is 3.74. The Balaban J connectivity index is 2.82. The van der Waals surface area contributed by atoms with E-state index in [1.807, 2.05) is 38.1 Å². The van der Waals surface area contributed by atoms with Gasteiger partial charge in [-0.05, 0) is 38.5 Å². The molecule has 0 aliphatic carbocycles. The summed E-state index contributed by atoms with van der Waals surface area (Å²) in [5.41, 5.74) is 0.786. The Bertz CT molecular complexity index is 371. The maximum absolute atomic E-state index is 10.9. The van der Waals surface area contributed by atoms with Crippen LogP contribution in [0, 0.1) is 0 Å². The predicted octanol–water partition coefficient (Wildman–Crippen LogP) is 2.88. The van der Waals surface area contributed by atoms with Crippen molar-refractivity contribution in [3.63, 3.8) is 0 Å². The molecule has 0 fully saturated rings. The minimum atomic E-state index is -1.05. The third-order valence-electron chi connectivity index (χ3n) is 2.47. The van der Waals surface area contributed by atoms with Gasteiger partial charge < -0.3 is 14.2 Å². The molecule has 0 heterocycles. The van der Waals surface area contributed by atoms with Gasteiger partial charge >= 0.3 is 5.97 Å². The Morgan fingerprint density at radius 1 is 1.22 bits per heavy atom. The number of aliphatic carboxylic acids is 1. The van der Waals surface area contributed by atoms with Crippen molar-refractivity contribution in [2.75, 3.05) is 13.2 Å². The highest BCUT2D eigenvalue weighted by atomic mass is 31.2. The van der Waals surface area contributed by atoms with Crippen LogP contribution in [0.5, 0.6) is 0 Å². The Morgan fingerprint density at radius 3 is 2.11 bits per heavy atom. The normalized spacial score (nSPS) is 12.7. The molecule has 0 radical (unpaired) electrons. The lowest BCUT2D eigenvalue weighted by molar-refractivity contribution is -0.138. The first-order valence-electron chi connectivity index (χ1n) is 5.98. The first-order chi connectivity index (χ1) is 8.60. The Hall–Kier alpha value is -0.960. The highest BCUT2D eigenvalue weighted by molar-refractivity contribution is 7.56. The van der Waals surface area contributed by atoms with E-state index in [-0.39, 0.29) is 0 Å². The van der Waals surface area contributed by atoms with E-state index < -0.39 is 20.3 Å². The van der Waals surface area contributed by atoms with Gasteiger partial charge in [0.05, 0.1) is 19.1 Å². The van der Waals surface area contributed by atoms with Crippen molar-refractivity contribution < 1.29 is 18.9 Å². The highest BCUT2D eigenvalue weighted by Crippen LogP contribution is 2.37. The topological polar surface area (TPSA) is 55.8 Å². The summed E-state index contributed by atoms with van der Waals surface area (Å²) in [6.45, 7) is 6.72. The minimum absolute atomic E-state index is 0.496. The van der Waals surface area contributed by atoms with Crippen LogP contribution in [0.1, 0.15) is 32.3 Å². The lowest BCUT2D eigenvalue weighted by Gasteiger charge is -2.16. The van der Waals surface area contributed by atoms with E-state index in [4.69, 9.17) is 14.2 Å². The van der Waals surface area contributed by atoms with Gasteiger partial charge in [-0.2, -0.15) is 0 Å². The molecule has 1 rings (SSSR count). The van der Waals surface area contributed by atoms with Crippen LogP contribution in [0.4, 0.5) is 0 Å². The molecule has 0 amide bonds. The number of carbonyl (C=O) groups is 1. The van der Waals surface area contributed by atoms with E-state index >= 15 is 0 Å². The third kappa shape index (κ3) is 4.05. The Kier molecular flexibility index (Phi) is 6.27. The standard InChI is InChI=1S/C13H19O4P/c1-4-16-18(17-5-2)12-8-6-11(7-9-12)10(3)13(14)15/h6-10H,4-5H2,1-3H3,(H,14,15). The first-order valence-corrected chi connectivity index (χ1v) is 7.16. The molecule has 1 N–H and O–H groups in total. The molecule has 4 nitrogen and oxygen atoms in total. The summed E-state index contributed by atoms with van der Waals surface area (Å²) >= 11 is 0. The molecule has 0 aliphatic heterocycles. The quantitative estimate of drug-likeness (QED) is 0.774. The third-order valence-corrected chi connectivity index (χ3v) is 4.17. The van der Waals surface area contributed by atoms with Crippen LogP contribution in [0.3, 0.4) is 0 Å². The first kappa shape index (κ1) is 15.1. The van der Waals surface area contributed by atoms with Gasteiger partial charge in [0.15, 0.2) is 0 Å². The fourth-order valence-corrected chi connectivity index (χ4v) is 2.68. The van der Waals surface area contributed by atoms with Crippen molar-refractivity contribution in [1.29, 1.82) is 0 Å². The highest BCUT2D eigenvalue weighted by Gasteiger charge is 2.16. The van der Waals surface area contributed by atoms with Crippen LogP contribution < -0.4 is 5.30 Å². The van der Waals surface area contributed by atoms with Gasteiger partial charge in [-0.3, -0.25) is 4.79 Å². The largest absolute Gasteiger partial charge is 0.481 e. The van der Waals surface area contributed by atoms with Crippen molar-refractivity contribution in [1.82, 2.24) is 0 Å². The van der Waals surface area contributed by atoms with Gasteiger partial charge in [0.2, 0.25) is 8.38 Å². The van der Waals surface area contributed by atoms with Crippen LogP contribution in [-0.4, -0.2) is 24.3 Å². The van der Waals surface area contributed by atoms with Crippen molar-refractivity contribution >= 4 is 19.6 Å². The minimum Gasteiger partial charge on any atom is -0.481 e. The molecule has 0 spiro atoms. The number of carboxylic acids is 1. The van der Waals surface area contributed by atoms with E-state index in [1.54, 1.807) is 6.92 Å². The summed E-state index contributed by atoms with van der Waals surface area (Å²) in [7, 11) is -1.05. The number of carboxylic acid groups (broad SMARTS) is 1.